The zero-order chi connectivity index (χ0) is 9.99. The third-order valence-corrected chi connectivity index (χ3v) is 10.5. The van der Waals surface area contributed by atoms with E-state index in [1.165, 1.54) is 0 Å². The van der Waals surface area contributed by atoms with E-state index in [1.807, 2.05) is 0 Å². The van der Waals surface area contributed by atoms with Gasteiger partial charge in [-0.05, 0) is 0 Å². The maximum absolute atomic E-state index is 5.67. The van der Waals surface area contributed by atoms with Gasteiger partial charge in [-0.1, -0.05) is 39.3 Å². The van der Waals surface area contributed by atoms with Crippen LogP contribution >= 0.6 is 0 Å². The van der Waals surface area contributed by atoms with Gasteiger partial charge in [0, 0.05) is 5.35 Å². The molecule has 0 aliphatic carbocycles. The average Bonchev–Trinajstić information content (AvgIpc) is 1.77. The molecular weight excluding hydrogens is 182 g/mol. The zero-order valence-electron chi connectivity index (χ0n) is 9.27. The Hall–Kier alpha value is 0.354. The molecule has 0 aromatic rings. The molecule has 0 spiro atoms. The molecule has 0 bridgehead atoms. The minimum Gasteiger partial charge on any atom is -0.370 e. The summed E-state index contributed by atoms with van der Waals surface area (Å²) in [6, 6.07) is 0. The number of rotatable bonds is 4. The van der Waals surface area contributed by atoms with Crippen molar-refractivity contribution in [1.82, 2.24) is 0 Å². The van der Waals surface area contributed by atoms with E-state index < -0.39 is 16.1 Å². The van der Waals surface area contributed by atoms with Gasteiger partial charge in [0.25, 0.3) is 0 Å². The molecule has 0 unspecified atom stereocenters. The summed E-state index contributed by atoms with van der Waals surface area (Å²) in [5.41, 5.74) is 5.44. The molecule has 0 rings (SSSR count). The van der Waals surface area contributed by atoms with E-state index in [9.17, 15) is 0 Å². The van der Waals surface area contributed by atoms with E-state index >= 15 is 0 Å². The van der Waals surface area contributed by atoms with Crippen molar-refractivity contribution in [3.63, 3.8) is 0 Å². The quantitative estimate of drug-likeness (QED) is 0.563. The fourth-order valence-corrected chi connectivity index (χ4v) is 13.5. The molecule has 0 aliphatic rings. The van der Waals surface area contributed by atoms with Crippen molar-refractivity contribution >= 4 is 16.1 Å². The van der Waals surface area contributed by atoms with Crippen LogP contribution < -0.4 is 5.73 Å². The Balaban J connectivity index is 4.45. The van der Waals surface area contributed by atoms with Crippen molar-refractivity contribution in [2.45, 2.75) is 44.6 Å². The van der Waals surface area contributed by atoms with E-state index in [2.05, 4.69) is 39.3 Å². The van der Waals surface area contributed by atoms with Crippen LogP contribution in [0.3, 0.4) is 0 Å². The Morgan fingerprint density at radius 3 is 1.42 bits per heavy atom. The Labute approximate surface area is 78.5 Å². The van der Waals surface area contributed by atoms with Crippen LogP contribution in [0.15, 0.2) is 0 Å². The molecule has 0 aliphatic heterocycles. The molecule has 0 radical (unpaired) electrons. The molecule has 0 aromatic heterocycles. The van der Waals surface area contributed by atoms with Crippen molar-refractivity contribution in [1.29, 1.82) is 0 Å². The maximum Gasteiger partial charge on any atom is 0.0935 e. The third-order valence-electron chi connectivity index (χ3n) is 1.84. The van der Waals surface area contributed by atoms with E-state index in [-0.39, 0.29) is 0 Å². The highest BCUT2D eigenvalue weighted by molar-refractivity contribution is 6.96. The second-order valence-electron chi connectivity index (χ2n) is 5.45. The molecule has 74 valence electrons. The summed E-state index contributed by atoms with van der Waals surface area (Å²) >= 11 is 0. The molecule has 0 aromatic carbocycles. The van der Waals surface area contributed by atoms with Crippen LogP contribution in [-0.4, -0.2) is 28.2 Å². The van der Waals surface area contributed by atoms with Crippen LogP contribution in [-0.2, 0) is 4.74 Å². The van der Waals surface area contributed by atoms with Crippen molar-refractivity contribution in [2.75, 3.05) is 6.73 Å². The van der Waals surface area contributed by atoms with Crippen LogP contribution in [0.4, 0.5) is 0 Å². The smallest absolute Gasteiger partial charge is 0.0935 e. The monoisotopic (exact) mass is 205 g/mol. The lowest BCUT2D eigenvalue weighted by Crippen LogP contribution is -2.56. The molecule has 4 heteroatoms. The largest absolute Gasteiger partial charge is 0.370 e. The lowest BCUT2D eigenvalue weighted by molar-refractivity contribution is 0.148. The Morgan fingerprint density at radius 2 is 1.33 bits per heavy atom. The molecule has 0 amide bonds. The van der Waals surface area contributed by atoms with Gasteiger partial charge in [0.1, 0.15) is 0 Å². The predicted octanol–water partition coefficient (Wildman–Crippen LogP) is 2.04. The van der Waals surface area contributed by atoms with Crippen LogP contribution in [0, 0.1) is 0 Å². The van der Waals surface area contributed by atoms with Gasteiger partial charge >= 0.3 is 0 Å². The first-order valence-corrected chi connectivity index (χ1v) is 11.7. The summed E-state index contributed by atoms with van der Waals surface area (Å²) in [5, 5.41) is 0.481. The van der Waals surface area contributed by atoms with Crippen LogP contribution in [0.25, 0.3) is 0 Å². The maximum atomic E-state index is 5.67. The van der Waals surface area contributed by atoms with Gasteiger partial charge in [-0.3, -0.25) is 0 Å². The predicted molar refractivity (Wildman–Crippen MR) is 60.6 cm³/mol. The lowest BCUT2D eigenvalue weighted by Gasteiger charge is -2.37. The molecule has 12 heavy (non-hydrogen) atoms. The first kappa shape index (κ1) is 12.4. The average molecular weight is 205 g/mol. The lowest BCUT2D eigenvalue weighted by atomic mass is 11.3. The summed E-state index contributed by atoms with van der Waals surface area (Å²) in [4.78, 5) is 0. The normalized spacial score (nSPS) is 14.0. The van der Waals surface area contributed by atoms with Crippen molar-refractivity contribution in [3.05, 3.63) is 0 Å². The van der Waals surface area contributed by atoms with Gasteiger partial charge < -0.3 is 10.5 Å². The standard InChI is InChI=1S/C8H23NOSi2/c1-11(2,3)8(10-7-9)12(4,5)6/h8H,7,9H2,1-6H3. The highest BCUT2D eigenvalue weighted by atomic mass is 28.4. The first-order chi connectivity index (χ1) is 5.19. The van der Waals surface area contributed by atoms with E-state index in [0.717, 1.165) is 0 Å². The molecule has 2 nitrogen and oxygen atoms in total. The second kappa shape index (κ2) is 4.04. The van der Waals surface area contributed by atoms with E-state index in [1.54, 1.807) is 0 Å². The Bertz CT molecular complexity index is 123. The molecule has 0 saturated carbocycles. The summed E-state index contributed by atoms with van der Waals surface area (Å²) < 4.78 is 5.67. The minimum absolute atomic E-state index is 0.374. The van der Waals surface area contributed by atoms with Gasteiger partial charge in [0.15, 0.2) is 0 Å². The fourth-order valence-electron chi connectivity index (χ4n) is 1.90. The number of ether oxygens (including phenoxy) is 1. The number of hydrogen-bond donors (Lipinski definition) is 1. The van der Waals surface area contributed by atoms with Crippen molar-refractivity contribution in [3.8, 4) is 0 Å². The summed E-state index contributed by atoms with van der Waals surface area (Å²) in [7, 11) is -2.37. The van der Waals surface area contributed by atoms with E-state index in [4.69, 9.17) is 10.5 Å². The number of hydrogen-bond acceptors (Lipinski definition) is 2. The second-order valence-corrected chi connectivity index (χ2v) is 16.5. The van der Waals surface area contributed by atoms with Crippen LogP contribution in [0.1, 0.15) is 0 Å². The van der Waals surface area contributed by atoms with Gasteiger partial charge in [-0.25, -0.2) is 0 Å². The molecule has 0 saturated heterocycles. The zero-order valence-corrected chi connectivity index (χ0v) is 11.3. The summed E-state index contributed by atoms with van der Waals surface area (Å²) in [6.07, 6.45) is 0. The molecular formula is C8H23NOSi2. The topological polar surface area (TPSA) is 35.2 Å². The van der Waals surface area contributed by atoms with Crippen molar-refractivity contribution in [2.24, 2.45) is 5.73 Å². The van der Waals surface area contributed by atoms with Crippen LogP contribution in [0.5, 0.6) is 0 Å². The molecule has 0 atom stereocenters. The van der Waals surface area contributed by atoms with Crippen LogP contribution in [0.2, 0.25) is 39.3 Å². The van der Waals surface area contributed by atoms with Gasteiger partial charge in [0.05, 0.1) is 22.9 Å². The summed E-state index contributed by atoms with van der Waals surface area (Å²) in [6.45, 7) is 14.5. The van der Waals surface area contributed by atoms with Crippen molar-refractivity contribution < 1.29 is 4.74 Å². The van der Waals surface area contributed by atoms with Gasteiger partial charge in [-0.2, -0.15) is 0 Å². The third kappa shape index (κ3) is 3.84. The highest BCUT2D eigenvalue weighted by Crippen LogP contribution is 2.21. The molecule has 2 N–H and O–H groups in total. The van der Waals surface area contributed by atoms with E-state index in [0.29, 0.717) is 12.1 Å². The Kier molecular flexibility index (Phi) is 4.16. The molecule has 0 fully saturated rings. The minimum atomic E-state index is -1.18. The fraction of sp³-hybridized carbons (Fsp3) is 1.00. The number of nitrogens with two attached hydrogens (primary N) is 1. The Morgan fingerprint density at radius 1 is 1.00 bits per heavy atom. The summed E-state index contributed by atoms with van der Waals surface area (Å²) in [5.74, 6) is 0. The molecule has 0 heterocycles. The SMILES string of the molecule is C[Si](C)(C)C(OCN)[Si](C)(C)C. The van der Waals surface area contributed by atoms with Gasteiger partial charge in [-0.15, -0.1) is 0 Å². The highest BCUT2D eigenvalue weighted by Gasteiger charge is 2.38. The van der Waals surface area contributed by atoms with Gasteiger partial charge in [0.2, 0.25) is 0 Å². The first-order valence-electron chi connectivity index (χ1n) is 4.51.